The van der Waals surface area contributed by atoms with Gasteiger partial charge in [0.25, 0.3) is 0 Å². The quantitative estimate of drug-likeness (QED) is 0.663. The van der Waals surface area contributed by atoms with E-state index in [-0.39, 0.29) is 10.8 Å². The van der Waals surface area contributed by atoms with Crippen molar-refractivity contribution in [2.75, 3.05) is 30.3 Å². The van der Waals surface area contributed by atoms with Crippen molar-refractivity contribution in [3.63, 3.8) is 0 Å². The Bertz CT molecular complexity index is 640. The Morgan fingerprint density at radius 2 is 1.83 bits per heavy atom. The van der Waals surface area contributed by atoms with Crippen LogP contribution in [0.15, 0.2) is 23.1 Å². The van der Waals surface area contributed by atoms with E-state index in [1.165, 1.54) is 16.4 Å². The van der Waals surface area contributed by atoms with Crippen LogP contribution in [-0.2, 0) is 14.8 Å². The van der Waals surface area contributed by atoms with Crippen LogP contribution in [-0.4, -0.2) is 44.3 Å². The fraction of sp³-hybridized carbons (Fsp3) is 0.533. The fourth-order valence-electron chi connectivity index (χ4n) is 2.09. The Balaban J connectivity index is 3.30. The van der Waals surface area contributed by atoms with Gasteiger partial charge in [0.2, 0.25) is 15.9 Å². The molecular formula is C15H26N4O3S. The van der Waals surface area contributed by atoms with Gasteiger partial charge in [-0.05, 0) is 32.0 Å². The van der Waals surface area contributed by atoms with Crippen molar-refractivity contribution in [2.24, 2.45) is 5.73 Å². The molecule has 0 unspecified atom stereocenters. The first kappa shape index (κ1) is 19.4. The highest BCUT2D eigenvalue weighted by Crippen LogP contribution is 2.27. The molecule has 0 heterocycles. The van der Waals surface area contributed by atoms with Crippen molar-refractivity contribution in [2.45, 2.75) is 38.6 Å². The van der Waals surface area contributed by atoms with E-state index < -0.39 is 16.1 Å². The highest BCUT2D eigenvalue weighted by molar-refractivity contribution is 7.89. The third-order valence-electron chi connectivity index (χ3n) is 3.37. The van der Waals surface area contributed by atoms with Gasteiger partial charge in [0.05, 0.1) is 22.3 Å². The van der Waals surface area contributed by atoms with E-state index in [1.54, 1.807) is 26.8 Å². The van der Waals surface area contributed by atoms with E-state index in [4.69, 9.17) is 5.73 Å². The number of benzene rings is 1. The second-order valence-electron chi connectivity index (χ2n) is 5.10. The summed E-state index contributed by atoms with van der Waals surface area (Å²) in [5, 5.41) is 5.77. The van der Waals surface area contributed by atoms with Crippen LogP contribution >= 0.6 is 0 Å². The maximum absolute atomic E-state index is 12.6. The Hall–Kier alpha value is -1.64. The van der Waals surface area contributed by atoms with Gasteiger partial charge in [-0.25, -0.2) is 8.42 Å². The maximum atomic E-state index is 12.6. The SMILES string of the molecule is CCNc1ccc(S(=O)(=O)N(CC)CC)cc1NC(=O)[C@H](C)N. The predicted octanol–water partition coefficient (Wildman–Crippen LogP) is 1.43. The van der Waals surface area contributed by atoms with Crippen LogP contribution in [0, 0.1) is 0 Å². The van der Waals surface area contributed by atoms with Crippen LogP contribution in [0.3, 0.4) is 0 Å². The summed E-state index contributed by atoms with van der Waals surface area (Å²) in [6, 6.07) is 3.96. The van der Waals surface area contributed by atoms with Gasteiger partial charge < -0.3 is 16.4 Å². The summed E-state index contributed by atoms with van der Waals surface area (Å²) in [6.07, 6.45) is 0. The molecule has 0 bridgehead atoms. The van der Waals surface area contributed by atoms with Crippen molar-refractivity contribution in [1.82, 2.24) is 4.31 Å². The summed E-state index contributed by atoms with van der Waals surface area (Å²) in [4.78, 5) is 12.0. The predicted molar refractivity (Wildman–Crippen MR) is 93.0 cm³/mol. The van der Waals surface area contributed by atoms with Crippen molar-refractivity contribution < 1.29 is 13.2 Å². The second kappa shape index (κ2) is 8.28. The first-order chi connectivity index (χ1) is 10.8. The molecule has 0 saturated heterocycles. The van der Waals surface area contributed by atoms with Gasteiger partial charge >= 0.3 is 0 Å². The molecule has 0 aromatic heterocycles. The number of nitrogens with one attached hydrogen (secondary N) is 2. The van der Waals surface area contributed by atoms with Gasteiger partial charge in [0.15, 0.2) is 0 Å². The lowest BCUT2D eigenvalue weighted by Crippen LogP contribution is -2.33. The molecule has 1 rings (SSSR count). The summed E-state index contributed by atoms with van der Waals surface area (Å²) < 4.78 is 26.6. The molecule has 1 atom stereocenters. The molecule has 0 aliphatic heterocycles. The van der Waals surface area contributed by atoms with Gasteiger partial charge in [-0.15, -0.1) is 0 Å². The Kier molecular flexibility index (Phi) is 6.99. The maximum Gasteiger partial charge on any atom is 0.243 e. The number of nitrogens with zero attached hydrogens (tertiary/aromatic N) is 1. The number of carbonyl (C=O) groups is 1. The van der Waals surface area contributed by atoms with Gasteiger partial charge in [-0.3, -0.25) is 4.79 Å². The molecule has 7 nitrogen and oxygen atoms in total. The van der Waals surface area contributed by atoms with Gasteiger partial charge in [-0.2, -0.15) is 4.31 Å². The number of anilines is 2. The van der Waals surface area contributed by atoms with Gasteiger partial charge in [0.1, 0.15) is 0 Å². The molecule has 1 aromatic rings. The molecule has 0 saturated carbocycles. The molecule has 0 radical (unpaired) electrons. The standard InChI is InChI=1S/C15H26N4O3S/c1-5-17-13-9-8-12(23(21,22)19(6-2)7-3)10-14(13)18-15(20)11(4)16/h8-11,17H,5-7,16H2,1-4H3,(H,18,20)/t11-/m0/s1. The molecule has 0 aliphatic rings. The second-order valence-corrected chi connectivity index (χ2v) is 7.04. The van der Waals surface area contributed by atoms with E-state index in [9.17, 15) is 13.2 Å². The number of rotatable bonds is 8. The zero-order valence-electron chi connectivity index (χ0n) is 14.1. The summed E-state index contributed by atoms with van der Waals surface area (Å²) in [6.45, 7) is 8.46. The number of hydrogen-bond donors (Lipinski definition) is 3. The number of sulfonamides is 1. The topological polar surface area (TPSA) is 105 Å². The molecule has 23 heavy (non-hydrogen) atoms. The average Bonchev–Trinajstić information content (AvgIpc) is 2.49. The smallest absolute Gasteiger partial charge is 0.243 e. The van der Waals surface area contributed by atoms with E-state index in [2.05, 4.69) is 10.6 Å². The summed E-state index contributed by atoms with van der Waals surface area (Å²) in [5.41, 5.74) is 6.62. The Labute approximate surface area is 138 Å². The molecule has 0 aliphatic carbocycles. The highest BCUT2D eigenvalue weighted by atomic mass is 32.2. The lowest BCUT2D eigenvalue weighted by atomic mass is 10.2. The van der Waals surface area contributed by atoms with Gasteiger partial charge in [0, 0.05) is 19.6 Å². The first-order valence-electron chi connectivity index (χ1n) is 7.72. The molecule has 4 N–H and O–H groups in total. The zero-order valence-corrected chi connectivity index (χ0v) is 14.9. The van der Waals surface area contributed by atoms with Crippen LogP contribution in [0.4, 0.5) is 11.4 Å². The van der Waals surface area contributed by atoms with Crippen LogP contribution in [0.1, 0.15) is 27.7 Å². The number of nitrogens with two attached hydrogens (primary N) is 1. The third-order valence-corrected chi connectivity index (χ3v) is 5.42. The number of hydrogen-bond acceptors (Lipinski definition) is 5. The molecular weight excluding hydrogens is 316 g/mol. The van der Waals surface area contributed by atoms with Crippen molar-refractivity contribution in [3.05, 3.63) is 18.2 Å². The molecule has 0 spiro atoms. The number of carbonyl (C=O) groups excluding carboxylic acids is 1. The number of amides is 1. The lowest BCUT2D eigenvalue weighted by molar-refractivity contribution is -0.117. The van der Waals surface area contributed by atoms with Crippen LogP contribution in [0.2, 0.25) is 0 Å². The summed E-state index contributed by atoms with van der Waals surface area (Å²) in [5.74, 6) is -0.374. The molecule has 1 aromatic carbocycles. The molecule has 1 amide bonds. The minimum absolute atomic E-state index is 0.142. The normalized spacial score (nSPS) is 13.0. The van der Waals surface area contributed by atoms with E-state index in [0.717, 1.165) is 0 Å². The highest BCUT2D eigenvalue weighted by Gasteiger charge is 2.23. The van der Waals surface area contributed by atoms with Crippen LogP contribution in [0.25, 0.3) is 0 Å². The third kappa shape index (κ3) is 4.66. The summed E-state index contributed by atoms with van der Waals surface area (Å²) >= 11 is 0. The van der Waals surface area contributed by atoms with Crippen LogP contribution < -0.4 is 16.4 Å². The largest absolute Gasteiger partial charge is 0.384 e. The lowest BCUT2D eigenvalue weighted by Gasteiger charge is -2.20. The van der Waals surface area contributed by atoms with Crippen molar-refractivity contribution in [3.8, 4) is 0 Å². The van der Waals surface area contributed by atoms with E-state index in [1.807, 2.05) is 6.92 Å². The molecule has 130 valence electrons. The average molecular weight is 342 g/mol. The summed E-state index contributed by atoms with van der Waals surface area (Å²) in [7, 11) is -3.59. The van der Waals surface area contributed by atoms with Crippen molar-refractivity contribution >= 4 is 27.3 Å². The van der Waals surface area contributed by atoms with Gasteiger partial charge in [-0.1, -0.05) is 13.8 Å². The minimum Gasteiger partial charge on any atom is -0.384 e. The monoisotopic (exact) mass is 342 g/mol. The van der Waals surface area contributed by atoms with Crippen molar-refractivity contribution in [1.29, 1.82) is 0 Å². The fourth-order valence-corrected chi connectivity index (χ4v) is 3.58. The molecule has 8 heteroatoms. The molecule has 0 fully saturated rings. The van der Waals surface area contributed by atoms with E-state index >= 15 is 0 Å². The van der Waals surface area contributed by atoms with E-state index in [0.29, 0.717) is 31.0 Å². The zero-order chi connectivity index (χ0) is 17.6. The Morgan fingerprint density at radius 3 is 2.30 bits per heavy atom. The van der Waals surface area contributed by atoms with Crippen LogP contribution in [0.5, 0.6) is 0 Å². The first-order valence-corrected chi connectivity index (χ1v) is 9.16. The Morgan fingerprint density at radius 1 is 1.22 bits per heavy atom. The minimum atomic E-state index is -3.59.